The summed E-state index contributed by atoms with van der Waals surface area (Å²) in [5.41, 5.74) is 6.84. The minimum absolute atomic E-state index is 0.0927. The first-order valence-corrected chi connectivity index (χ1v) is 6.36. The van der Waals surface area contributed by atoms with E-state index in [0.29, 0.717) is 23.7 Å². The Hall–Kier alpha value is -1.07. The SMILES string of the molecule is Nc1cc(Br)cc(C(=O)NCC2CCOC2)c1. The summed E-state index contributed by atoms with van der Waals surface area (Å²) >= 11 is 3.32. The number of rotatable bonds is 3. The van der Waals surface area contributed by atoms with Crippen molar-refractivity contribution in [3.63, 3.8) is 0 Å². The lowest BCUT2D eigenvalue weighted by Crippen LogP contribution is -2.29. The van der Waals surface area contributed by atoms with Gasteiger partial charge in [-0.05, 0) is 24.6 Å². The Bertz CT molecular complexity index is 397. The molecule has 0 saturated carbocycles. The van der Waals surface area contributed by atoms with E-state index in [1.54, 1.807) is 18.2 Å². The second-order valence-corrected chi connectivity index (χ2v) is 5.13. The maximum atomic E-state index is 11.9. The van der Waals surface area contributed by atoms with Gasteiger partial charge in [-0.25, -0.2) is 0 Å². The highest BCUT2D eigenvalue weighted by atomic mass is 79.9. The summed E-state index contributed by atoms with van der Waals surface area (Å²) in [5, 5.41) is 2.90. The molecule has 3 N–H and O–H groups in total. The van der Waals surface area contributed by atoms with Gasteiger partial charge in [-0.2, -0.15) is 0 Å². The van der Waals surface area contributed by atoms with Crippen molar-refractivity contribution in [2.45, 2.75) is 6.42 Å². The molecule has 0 bridgehead atoms. The van der Waals surface area contributed by atoms with Gasteiger partial charge in [0, 0.05) is 34.8 Å². The van der Waals surface area contributed by atoms with E-state index in [1.165, 1.54) is 0 Å². The fraction of sp³-hybridized carbons (Fsp3) is 0.417. The van der Waals surface area contributed by atoms with Gasteiger partial charge in [0.2, 0.25) is 0 Å². The number of nitrogens with one attached hydrogen (secondary N) is 1. The maximum Gasteiger partial charge on any atom is 0.251 e. The molecule has 1 aromatic carbocycles. The van der Waals surface area contributed by atoms with E-state index in [1.807, 2.05) is 0 Å². The summed E-state index contributed by atoms with van der Waals surface area (Å²) < 4.78 is 6.07. The number of carbonyl (C=O) groups is 1. The van der Waals surface area contributed by atoms with E-state index in [4.69, 9.17) is 10.5 Å². The van der Waals surface area contributed by atoms with E-state index in [0.717, 1.165) is 24.1 Å². The Morgan fingerprint density at radius 1 is 1.53 bits per heavy atom. The van der Waals surface area contributed by atoms with Crippen molar-refractivity contribution in [3.8, 4) is 0 Å². The molecule has 0 aliphatic carbocycles. The molecule has 1 saturated heterocycles. The lowest BCUT2D eigenvalue weighted by molar-refractivity contribution is 0.0945. The van der Waals surface area contributed by atoms with Crippen molar-refractivity contribution in [2.75, 3.05) is 25.5 Å². The number of amides is 1. The van der Waals surface area contributed by atoms with Gasteiger partial charge in [0.1, 0.15) is 0 Å². The largest absolute Gasteiger partial charge is 0.399 e. The van der Waals surface area contributed by atoms with Crippen molar-refractivity contribution < 1.29 is 9.53 Å². The highest BCUT2D eigenvalue weighted by Crippen LogP contribution is 2.17. The fourth-order valence-electron chi connectivity index (χ4n) is 1.83. The molecule has 1 unspecified atom stereocenters. The Morgan fingerprint density at radius 2 is 2.35 bits per heavy atom. The second-order valence-electron chi connectivity index (χ2n) is 4.21. The number of hydrogen-bond acceptors (Lipinski definition) is 3. The summed E-state index contributed by atoms with van der Waals surface area (Å²) in [6.07, 6.45) is 1.01. The molecular weight excluding hydrogens is 284 g/mol. The number of ether oxygens (including phenoxy) is 1. The number of nitrogens with two attached hydrogens (primary N) is 1. The third kappa shape index (κ3) is 3.44. The van der Waals surface area contributed by atoms with Gasteiger partial charge in [-0.1, -0.05) is 15.9 Å². The van der Waals surface area contributed by atoms with Crippen LogP contribution in [0, 0.1) is 5.92 Å². The van der Waals surface area contributed by atoms with Crippen LogP contribution >= 0.6 is 15.9 Å². The van der Waals surface area contributed by atoms with Crippen LogP contribution in [-0.2, 0) is 4.74 Å². The normalized spacial score (nSPS) is 19.2. The molecular formula is C12H15BrN2O2. The number of benzene rings is 1. The van der Waals surface area contributed by atoms with Crippen LogP contribution in [0.2, 0.25) is 0 Å². The van der Waals surface area contributed by atoms with Crippen molar-refractivity contribution >= 4 is 27.5 Å². The topological polar surface area (TPSA) is 64.4 Å². The Labute approximate surface area is 109 Å². The lowest BCUT2D eigenvalue weighted by Gasteiger charge is -2.10. The first-order valence-electron chi connectivity index (χ1n) is 5.57. The highest BCUT2D eigenvalue weighted by molar-refractivity contribution is 9.10. The third-order valence-corrected chi connectivity index (χ3v) is 3.22. The number of anilines is 1. The summed E-state index contributed by atoms with van der Waals surface area (Å²) in [6, 6.07) is 5.20. The zero-order valence-electron chi connectivity index (χ0n) is 9.41. The van der Waals surface area contributed by atoms with Crippen LogP contribution in [0.1, 0.15) is 16.8 Å². The molecule has 0 aromatic heterocycles. The number of hydrogen-bond donors (Lipinski definition) is 2. The van der Waals surface area contributed by atoms with E-state index in [9.17, 15) is 4.79 Å². The predicted molar refractivity (Wildman–Crippen MR) is 69.8 cm³/mol. The van der Waals surface area contributed by atoms with Crippen molar-refractivity contribution in [1.82, 2.24) is 5.32 Å². The number of halogens is 1. The van der Waals surface area contributed by atoms with Crippen molar-refractivity contribution in [2.24, 2.45) is 5.92 Å². The standard InChI is InChI=1S/C12H15BrN2O2/c13-10-3-9(4-11(14)5-10)12(16)15-6-8-1-2-17-7-8/h3-5,8H,1-2,6-7,14H2,(H,15,16). The van der Waals surface area contributed by atoms with Crippen LogP contribution in [0.4, 0.5) is 5.69 Å². The van der Waals surface area contributed by atoms with Gasteiger partial charge in [-0.3, -0.25) is 4.79 Å². The quantitative estimate of drug-likeness (QED) is 0.837. The summed E-state index contributed by atoms with van der Waals surface area (Å²) in [5.74, 6) is 0.341. The first-order chi connectivity index (χ1) is 8.15. The van der Waals surface area contributed by atoms with Crippen LogP contribution in [0.15, 0.2) is 22.7 Å². The van der Waals surface area contributed by atoms with E-state index in [2.05, 4.69) is 21.2 Å². The molecule has 4 nitrogen and oxygen atoms in total. The Balaban J connectivity index is 1.94. The molecule has 1 aromatic rings. The molecule has 92 valence electrons. The van der Waals surface area contributed by atoms with Crippen LogP contribution < -0.4 is 11.1 Å². The Kier molecular flexibility index (Phi) is 4.02. The number of carbonyl (C=O) groups excluding carboxylic acids is 1. The molecule has 0 radical (unpaired) electrons. The Morgan fingerprint density at radius 3 is 3.00 bits per heavy atom. The molecule has 1 fully saturated rings. The average Bonchev–Trinajstić information content (AvgIpc) is 2.77. The zero-order valence-corrected chi connectivity index (χ0v) is 11.0. The smallest absolute Gasteiger partial charge is 0.251 e. The van der Waals surface area contributed by atoms with Gasteiger partial charge in [-0.15, -0.1) is 0 Å². The van der Waals surface area contributed by atoms with Crippen molar-refractivity contribution in [3.05, 3.63) is 28.2 Å². The minimum Gasteiger partial charge on any atom is -0.399 e. The van der Waals surface area contributed by atoms with Crippen LogP contribution in [-0.4, -0.2) is 25.7 Å². The summed E-state index contributed by atoms with van der Waals surface area (Å²) in [7, 11) is 0. The van der Waals surface area contributed by atoms with Crippen LogP contribution in [0.25, 0.3) is 0 Å². The zero-order chi connectivity index (χ0) is 12.3. The maximum absolute atomic E-state index is 11.9. The van der Waals surface area contributed by atoms with E-state index in [-0.39, 0.29) is 5.91 Å². The molecule has 5 heteroatoms. The van der Waals surface area contributed by atoms with Crippen molar-refractivity contribution in [1.29, 1.82) is 0 Å². The van der Waals surface area contributed by atoms with Gasteiger partial charge >= 0.3 is 0 Å². The monoisotopic (exact) mass is 298 g/mol. The summed E-state index contributed by atoms with van der Waals surface area (Å²) in [6.45, 7) is 2.19. The molecule has 0 spiro atoms. The minimum atomic E-state index is -0.0927. The molecule has 1 aliphatic heterocycles. The van der Waals surface area contributed by atoms with Gasteiger partial charge < -0.3 is 15.8 Å². The molecule has 1 amide bonds. The molecule has 17 heavy (non-hydrogen) atoms. The number of nitrogen functional groups attached to an aromatic ring is 1. The van der Waals surface area contributed by atoms with E-state index < -0.39 is 0 Å². The molecule has 1 aliphatic rings. The molecule has 2 rings (SSSR count). The predicted octanol–water partition coefficient (Wildman–Crippen LogP) is 1.80. The average molecular weight is 299 g/mol. The molecule has 1 atom stereocenters. The summed E-state index contributed by atoms with van der Waals surface area (Å²) in [4.78, 5) is 11.9. The van der Waals surface area contributed by atoms with Crippen LogP contribution in [0.5, 0.6) is 0 Å². The van der Waals surface area contributed by atoms with Gasteiger partial charge in [0.25, 0.3) is 5.91 Å². The lowest BCUT2D eigenvalue weighted by atomic mass is 10.1. The van der Waals surface area contributed by atoms with E-state index >= 15 is 0 Å². The van der Waals surface area contributed by atoms with Gasteiger partial charge in [0.05, 0.1) is 6.61 Å². The third-order valence-electron chi connectivity index (χ3n) is 2.76. The fourth-order valence-corrected chi connectivity index (χ4v) is 2.34. The van der Waals surface area contributed by atoms with Crippen LogP contribution in [0.3, 0.4) is 0 Å². The first kappa shape index (κ1) is 12.4. The van der Waals surface area contributed by atoms with Gasteiger partial charge in [0.15, 0.2) is 0 Å². The molecule has 1 heterocycles. The second kappa shape index (κ2) is 5.51. The highest BCUT2D eigenvalue weighted by Gasteiger charge is 2.16.